The van der Waals surface area contributed by atoms with Crippen LogP contribution in [-0.4, -0.2) is 52.0 Å². The second kappa shape index (κ2) is 6.74. The van der Waals surface area contributed by atoms with Crippen molar-refractivity contribution < 1.29 is 18.3 Å². The minimum absolute atomic E-state index is 0.0641. The molecule has 1 aromatic carbocycles. The number of anilines is 1. The molecule has 1 saturated heterocycles. The molecule has 118 valence electrons. The lowest BCUT2D eigenvalue weighted by Crippen LogP contribution is -2.48. The third kappa shape index (κ3) is 3.74. The first-order valence-corrected chi connectivity index (χ1v) is 8.56. The molecule has 0 saturated carbocycles. The summed E-state index contributed by atoms with van der Waals surface area (Å²) in [7, 11) is -3.53. The quantitative estimate of drug-likeness (QED) is 0.831. The lowest BCUT2D eigenvalue weighted by atomic mass is 10.2. The molecule has 0 bridgehead atoms. The van der Waals surface area contributed by atoms with E-state index < -0.39 is 10.0 Å². The Balaban J connectivity index is 2.36. The van der Waals surface area contributed by atoms with Crippen molar-refractivity contribution in [1.82, 2.24) is 4.72 Å². The summed E-state index contributed by atoms with van der Waals surface area (Å²) in [4.78, 5) is 2.22. The number of aliphatic hydroxyl groups is 1. The number of rotatable bonds is 5. The molecule has 6 nitrogen and oxygen atoms in total. The lowest BCUT2D eigenvalue weighted by Gasteiger charge is -2.38. The number of nitrogens with zero attached hydrogens (tertiary/aromatic N) is 1. The van der Waals surface area contributed by atoms with E-state index in [1.807, 2.05) is 17.9 Å². The second-order valence-corrected chi connectivity index (χ2v) is 6.86. The molecule has 0 aliphatic carbocycles. The Morgan fingerprint density at radius 3 is 2.76 bits per heavy atom. The molecule has 0 amide bonds. The van der Waals surface area contributed by atoms with E-state index >= 15 is 0 Å². The normalized spacial score (nSPS) is 23.3. The molecule has 0 radical (unpaired) electrons. The Morgan fingerprint density at radius 1 is 1.38 bits per heavy atom. The van der Waals surface area contributed by atoms with Gasteiger partial charge in [0.15, 0.2) is 0 Å². The van der Waals surface area contributed by atoms with E-state index in [4.69, 9.17) is 4.74 Å². The summed E-state index contributed by atoms with van der Waals surface area (Å²) in [6, 6.07) is 6.91. The molecule has 1 aliphatic rings. The van der Waals surface area contributed by atoms with Gasteiger partial charge in [0.1, 0.15) is 4.90 Å². The van der Waals surface area contributed by atoms with Crippen molar-refractivity contribution in [1.29, 1.82) is 0 Å². The number of aliphatic hydroxyl groups excluding tert-OH is 1. The minimum Gasteiger partial charge on any atom is -0.394 e. The number of sulfonamides is 1. The summed E-state index contributed by atoms with van der Waals surface area (Å²) in [6.45, 7) is 4.99. The van der Waals surface area contributed by atoms with Gasteiger partial charge in [0, 0.05) is 19.6 Å². The molecule has 1 heterocycles. The van der Waals surface area contributed by atoms with Crippen molar-refractivity contribution in [2.45, 2.75) is 31.0 Å². The van der Waals surface area contributed by atoms with Gasteiger partial charge in [-0.15, -0.1) is 0 Å². The van der Waals surface area contributed by atoms with E-state index in [1.54, 1.807) is 25.1 Å². The van der Waals surface area contributed by atoms with Crippen LogP contribution in [0.2, 0.25) is 0 Å². The van der Waals surface area contributed by atoms with E-state index in [9.17, 15) is 13.5 Å². The second-order valence-electron chi connectivity index (χ2n) is 5.13. The van der Waals surface area contributed by atoms with Crippen LogP contribution in [0, 0.1) is 0 Å². The molecule has 7 heteroatoms. The zero-order valence-electron chi connectivity index (χ0n) is 12.3. The molecule has 0 aromatic heterocycles. The van der Waals surface area contributed by atoms with Crippen LogP contribution in [0.5, 0.6) is 0 Å². The van der Waals surface area contributed by atoms with Gasteiger partial charge >= 0.3 is 0 Å². The van der Waals surface area contributed by atoms with Gasteiger partial charge < -0.3 is 14.7 Å². The minimum atomic E-state index is -3.53. The van der Waals surface area contributed by atoms with E-state index in [0.29, 0.717) is 25.3 Å². The van der Waals surface area contributed by atoms with Crippen LogP contribution in [0.25, 0.3) is 0 Å². The number of nitrogens with one attached hydrogen (secondary N) is 1. The third-order valence-electron chi connectivity index (χ3n) is 3.36. The molecule has 1 aliphatic heterocycles. The monoisotopic (exact) mass is 314 g/mol. The highest BCUT2D eigenvalue weighted by Gasteiger charge is 2.28. The average molecular weight is 314 g/mol. The van der Waals surface area contributed by atoms with Crippen molar-refractivity contribution in [3.05, 3.63) is 24.3 Å². The Morgan fingerprint density at radius 2 is 2.10 bits per heavy atom. The molecular weight excluding hydrogens is 292 g/mol. The number of hydrogen-bond donors (Lipinski definition) is 2. The predicted octanol–water partition coefficient (Wildman–Crippen LogP) is 0.571. The summed E-state index contributed by atoms with van der Waals surface area (Å²) in [5, 5.41) is 9.30. The molecule has 0 spiro atoms. The maximum absolute atomic E-state index is 12.3. The molecule has 2 rings (SSSR count). The van der Waals surface area contributed by atoms with Crippen LogP contribution < -0.4 is 9.62 Å². The maximum atomic E-state index is 12.3. The number of benzene rings is 1. The van der Waals surface area contributed by atoms with Gasteiger partial charge in [-0.1, -0.05) is 19.1 Å². The van der Waals surface area contributed by atoms with Crippen LogP contribution in [0.4, 0.5) is 5.69 Å². The standard InChI is InChI=1S/C14H22N2O4S/c1-3-15-21(18,19)14-7-5-4-6-13(14)16-8-11(2)20-12(9-16)10-17/h4-7,11-12,15,17H,3,8-10H2,1-2H3. The number of ether oxygens (including phenoxy) is 1. The third-order valence-corrected chi connectivity index (χ3v) is 4.95. The first kappa shape index (κ1) is 16.2. The van der Waals surface area contributed by atoms with Gasteiger partial charge in [-0.3, -0.25) is 0 Å². The molecule has 1 fully saturated rings. The van der Waals surface area contributed by atoms with Gasteiger partial charge in [0.25, 0.3) is 0 Å². The molecule has 2 N–H and O–H groups in total. The first-order valence-electron chi connectivity index (χ1n) is 7.08. The van der Waals surface area contributed by atoms with Gasteiger partial charge in [-0.05, 0) is 19.1 Å². The summed E-state index contributed by atoms with van der Waals surface area (Å²) in [5.41, 5.74) is 0.645. The fraction of sp³-hybridized carbons (Fsp3) is 0.571. The molecule has 21 heavy (non-hydrogen) atoms. The Hall–Kier alpha value is -1.15. The molecular formula is C14H22N2O4S. The highest BCUT2D eigenvalue weighted by molar-refractivity contribution is 7.89. The van der Waals surface area contributed by atoms with E-state index in [2.05, 4.69) is 4.72 Å². The van der Waals surface area contributed by atoms with Gasteiger partial charge in [0.05, 0.1) is 24.5 Å². The lowest BCUT2D eigenvalue weighted by molar-refractivity contribution is -0.0422. The smallest absolute Gasteiger partial charge is 0.242 e. The largest absolute Gasteiger partial charge is 0.394 e. The van der Waals surface area contributed by atoms with E-state index in [-0.39, 0.29) is 23.7 Å². The highest BCUT2D eigenvalue weighted by Crippen LogP contribution is 2.27. The van der Waals surface area contributed by atoms with Crippen molar-refractivity contribution in [2.24, 2.45) is 0 Å². The summed E-state index contributed by atoms with van der Waals surface area (Å²) < 4.78 is 32.7. The van der Waals surface area contributed by atoms with E-state index in [0.717, 1.165) is 0 Å². The molecule has 1 aromatic rings. The van der Waals surface area contributed by atoms with Crippen LogP contribution in [0.15, 0.2) is 29.2 Å². The average Bonchev–Trinajstić information content (AvgIpc) is 2.46. The van der Waals surface area contributed by atoms with Crippen LogP contribution in [0.1, 0.15) is 13.8 Å². The summed E-state index contributed by atoms with van der Waals surface area (Å²) >= 11 is 0. The Labute approximate surface area is 125 Å². The van der Waals surface area contributed by atoms with Crippen molar-refractivity contribution >= 4 is 15.7 Å². The van der Waals surface area contributed by atoms with E-state index in [1.165, 1.54) is 0 Å². The molecule has 2 atom stereocenters. The summed E-state index contributed by atoms with van der Waals surface area (Å²) in [6.07, 6.45) is -0.366. The number of hydrogen-bond acceptors (Lipinski definition) is 5. The topological polar surface area (TPSA) is 78.9 Å². The fourth-order valence-electron chi connectivity index (χ4n) is 2.56. The number of para-hydroxylation sites is 1. The first-order chi connectivity index (χ1) is 9.97. The predicted molar refractivity (Wildman–Crippen MR) is 80.9 cm³/mol. The van der Waals surface area contributed by atoms with Crippen LogP contribution in [0.3, 0.4) is 0 Å². The number of morpholine rings is 1. The van der Waals surface area contributed by atoms with Gasteiger partial charge in [-0.25, -0.2) is 13.1 Å². The Bertz CT molecular complexity index is 576. The highest BCUT2D eigenvalue weighted by atomic mass is 32.2. The Kier molecular flexibility index (Phi) is 5.21. The molecule has 2 unspecified atom stereocenters. The van der Waals surface area contributed by atoms with Gasteiger partial charge in [-0.2, -0.15) is 0 Å². The van der Waals surface area contributed by atoms with Crippen LogP contribution in [-0.2, 0) is 14.8 Å². The van der Waals surface area contributed by atoms with Gasteiger partial charge in [0.2, 0.25) is 10.0 Å². The van der Waals surface area contributed by atoms with Crippen molar-refractivity contribution in [2.75, 3.05) is 31.1 Å². The van der Waals surface area contributed by atoms with Crippen LogP contribution >= 0.6 is 0 Å². The zero-order chi connectivity index (χ0) is 15.5. The van der Waals surface area contributed by atoms with Crippen molar-refractivity contribution in [3.8, 4) is 0 Å². The fourth-order valence-corrected chi connectivity index (χ4v) is 3.82. The SMILES string of the molecule is CCNS(=O)(=O)c1ccccc1N1CC(C)OC(CO)C1. The maximum Gasteiger partial charge on any atom is 0.242 e. The summed E-state index contributed by atoms with van der Waals surface area (Å²) in [5.74, 6) is 0. The van der Waals surface area contributed by atoms with Crippen molar-refractivity contribution in [3.63, 3.8) is 0 Å². The zero-order valence-corrected chi connectivity index (χ0v) is 13.1.